The number of hydrogen-bond acceptors (Lipinski definition) is 4. The van der Waals surface area contributed by atoms with E-state index < -0.39 is 0 Å². The average Bonchev–Trinajstić information content (AvgIpc) is 3.94. The third-order valence-electron chi connectivity index (χ3n) is 11.2. The van der Waals surface area contributed by atoms with Crippen LogP contribution in [0.1, 0.15) is 0 Å². The number of nitrogens with zero attached hydrogens (tertiary/aromatic N) is 1. The summed E-state index contributed by atoms with van der Waals surface area (Å²) in [4.78, 5) is 2.39. The van der Waals surface area contributed by atoms with Crippen LogP contribution in [0.15, 0.2) is 197 Å². The molecule has 0 radical (unpaired) electrons. The molecule has 9 aromatic carbocycles. The van der Waals surface area contributed by atoms with Crippen molar-refractivity contribution in [2.75, 3.05) is 4.90 Å². The summed E-state index contributed by atoms with van der Waals surface area (Å²) in [5, 5.41) is 9.15. The van der Waals surface area contributed by atoms with Crippen LogP contribution in [0, 0.1) is 0 Å². The summed E-state index contributed by atoms with van der Waals surface area (Å²) < 4.78 is 16.2. The van der Waals surface area contributed by atoms with Gasteiger partial charge < -0.3 is 13.7 Å². The predicted octanol–water partition coefficient (Wildman–Crippen LogP) is 15.8. The Labute approximate surface area is 325 Å². The first kappa shape index (κ1) is 31.2. The predicted molar refractivity (Wildman–Crippen MR) is 237 cm³/mol. The average molecular weight is 734 g/mol. The lowest BCUT2D eigenvalue weighted by molar-refractivity contribution is 0.664. The van der Waals surface area contributed by atoms with Gasteiger partial charge >= 0.3 is 0 Å². The Kier molecular flexibility index (Phi) is 6.80. The number of rotatable bonds is 5. The van der Waals surface area contributed by atoms with E-state index in [1.807, 2.05) is 23.5 Å². The van der Waals surface area contributed by atoms with E-state index in [0.717, 1.165) is 77.6 Å². The second kappa shape index (κ2) is 12.2. The maximum Gasteiger partial charge on any atom is 0.144 e. The summed E-state index contributed by atoms with van der Waals surface area (Å²) in [6, 6.07) is 67.1. The van der Waals surface area contributed by atoms with Gasteiger partial charge in [-0.15, -0.1) is 11.3 Å². The highest BCUT2D eigenvalue weighted by Crippen LogP contribution is 2.49. The van der Waals surface area contributed by atoms with Crippen LogP contribution in [0.5, 0.6) is 0 Å². The lowest BCUT2D eigenvalue weighted by atomic mass is 9.95. The van der Waals surface area contributed by atoms with Gasteiger partial charge in [0.05, 0.1) is 10.4 Å². The molecule has 0 atom stereocenters. The summed E-state index contributed by atoms with van der Waals surface area (Å²) in [7, 11) is 0. The van der Waals surface area contributed by atoms with Gasteiger partial charge in [-0.2, -0.15) is 0 Å². The van der Waals surface area contributed by atoms with E-state index in [4.69, 9.17) is 8.83 Å². The number of anilines is 3. The van der Waals surface area contributed by atoms with Crippen molar-refractivity contribution in [3.05, 3.63) is 188 Å². The Morgan fingerprint density at radius 2 is 1.14 bits per heavy atom. The normalized spacial score (nSPS) is 11.9. The molecule has 0 aliphatic heterocycles. The molecule has 0 amide bonds. The fourth-order valence-electron chi connectivity index (χ4n) is 8.65. The molecule has 0 N–H and O–H groups in total. The minimum absolute atomic E-state index is 0.823. The van der Waals surface area contributed by atoms with Crippen molar-refractivity contribution in [2.24, 2.45) is 0 Å². The van der Waals surface area contributed by atoms with Crippen LogP contribution in [0.2, 0.25) is 0 Å². The zero-order valence-electron chi connectivity index (χ0n) is 30.1. The van der Waals surface area contributed by atoms with Crippen molar-refractivity contribution in [1.82, 2.24) is 0 Å². The van der Waals surface area contributed by atoms with Crippen molar-refractivity contribution >= 4 is 103 Å². The van der Waals surface area contributed by atoms with E-state index >= 15 is 0 Å². The van der Waals surface area contributed by atoms with E-state index in [2.05, 4.69) is 181 Å². The first-order chi connectivity index (χ1) is 27.7. The summed E-state index contributed by atoms with van der Waals surface area (Å²) in [6.07, 6.45) is 0. The Morgan fingerprint density at radius 3 is 2.07 bits per heavy atom. The van der Waals surface area contributed by atoms with E-state index in [0.29, 0.717) is 0 Å². The lowest BCUT2D eigenvalue weighted by Crippen LogP contribution is -2.10. The molecular formula is C52H31NO2S. The van der Waals surface area contributed by atoms with Gasteiger partial charge in [-0.05, 0) is 82.1 Å². The second-order valence-corrected chi connectivity index (χ2v) is 15.5. The van der Waals surface area contributed by atoms with Crippen LogP contribution in [0.4, 0.5) is 17.1 Å². The molecule has 12 rings (SSSR count). The largest absolute Gasteiger partial charge is 0.456 e. The molecule has 56 heavy (non-hydrogen) atoms. The van der Waals surface area contributed by atoms with Crippen molar-refractivity contribution in [2.45, 2.75) is 0 Å². The molecule has 262 valence electrons. The molecule has 0 spiro atoms. The molecular weight excluding hydrogens is 703 g/mol. The van der Waals surface area contributed by atoms with Gasteiger partial charge in [-0.3, -0.25) is 0 Å². The van der Waals surface area contributed by atoms with Gasteiger partial charge in [0.2, 0.25) is 0 Å². The molecule has 0 bridgehead atoms. The van der Waals surface area contributed by atoms with Crippen LogP contribution in [-0.2, 0) is 0 Å². The van der Waals surface area contributed by atoms with E-state index in [1.165, 1.54) is 36.5 Å². The number of hydrogen-bond donors (Lipinski definition) is 0. The molecule has 4 heteroatoms. The number of furan rings is 2. The zero-order valence-corrected chi connectivity index (χ0v) is 30.9. The molecule has 0 aliphatic carbocycles. The van der Waals surface area contributed by atoms with Crippen molar-refractivity contribution in [3.8, 4) is 22.3 Å². The van der Waals surface area contributed by atoms with Gasteiger partial charge in [-0.1, -0.05) is 127 Å². The van der Waals surface area contributed by atoms with Gasteiger partial charge in [0.15, 0.2) is 0 Å². The summed E-state index contributed by atoms with van der Waals surface area (Å²) in [6.45, 7) is 0. The van der Waals surface area contributed by atoms with E-state index in [-0.39, 0.29) is 0 Å². The Hall–Kier alpha value is -7.14. The summed E-state index contributed by atoms with van der Waals surface area (Å²) >= 11 is 1.84. The standard InChI is InChI=1S/C52H31NO2S/c1-2-12-32(13-3-1)35-16-10-17-37(29-35)53(44-21-11-20-41-40-18-7-9-23-48(40)56-52(41)44)38-26-27-39-43-31-47-50(42-19-6-8-22-45(42)54-47)49(51(43)55-46(39)30-38)36-25-24-33-14-4-5-15-34(33)28-36/h1-31H. The third-order valence-corrected chi connectivity index (χ3v) is 12.4. The summed E-state index contributed by atoms with van der Waals surface area (Å²) in [5.74, 6) is 0. The lowest BCUT2D eigenvalue weighted by Gasteiger charge is -2.26. The number of para-hydroxylation sites is 1. The molecule has 0 saturated carbocycles. The van der Waals surface area contributed by atoms with Gasteiger partial charge in [0.25, 0.3) is 0 Å². The molecule has 0 unspecified atom stereocenters. The van der Waals surface area contributed by atoms with E-state index in [9.17, 15) is 0 Å². The van der Waals surface area contributed by atoms with Crippen LogP contribution in [-0.4, -0.2) is 0 Å². The van der Waals surface area contributed by atoms with Crippen LogP contribution < -0.4 is 4.90 Å². The van der Waals surface area contributed by atoms with Gasteiger partial charge in [-0.25, -0.2) is 0 Å². The van der Waals surface area contributed by atoms with Crippen LogP contribution in [0.25, 0.3) is 97.1 Å². The topological polar surface area (TPSA) is 29.5 Å². The Morgan fingerprint density at radius 1 is 0.393 bits per heavy atom. The third kappa shape index (κ3) is 4.76. The molecule has 0 fully saturated rings. The van der Waals surface area contributed by atoms with Gasteiger partial charge in [0, 0.05) is 60.0 Å². The monoisotopic (exact) mass is 733 g/mol. The van der Waals surface area contributed by atoms with Gasteiger partial charge in [0.1, 0.15) is 22.3 Å². The molecule has 3 nitrogen and oxygen atoms in total. The smallest absolute Gasteiger partial charge is 0.144 e. The van der Waals surface area contributed by atoms with E-state index in [1.54, 1.807) is 0 Å². The minimum Gasteiger partial charge on any atom is -0.456 e. The minimum atomic E-state index is 0.823. The SMILES string of the molecule is c1ccc(-c2cccc(N(c3ccc4c(c3)oc3c(-c5ccc6ccccc6c5)c5c(cc34)oc3ccccc35)c3cccc4c3sc3ccccc34)c2)cc1. The first-order valence-electron chi connectivity index (χ1n) is 18.9. The maximum absolute atomic E-state index is 7.10. The highest BCUT2D eigenvalue weighted by Gasteiger charge is 2.24. The van der Waals surface area contributed by atoms with Crippen molar-refractivity contribution < 1.29 is 8.83 Å². The number of fused-ring (bicyclic) bond motifs is 10. The molecule has 12 aromatic rings. The zero-order chi connectivity index (χ0) is 36.7. The Bertz CT molecular complexity index is 3500. The highest BCUT2D eigenvalue weighted by atomic mass is 32.1. The highest BCUT2D eigenvalue weighted by molar-refractivity contribution is 7.26. The van der Waals surface area contributed by atoms with Crippen molar-refractivity contribution in [3.63, 3.8) is 0 Å². The fourth-order valence-corrected chi connectivity index (χ4v) is 9.86. The molecule has 3 heterocycles. The number of benzene rings is 9. The molecule has 3 aromatic heterocycles. The maximum atomic E-state index is 7.10. The van der Waals surface area contributed by atoms with Crippen LogP contribution in [0.3, 0.4) is 0 Å². The first-order valence-corrected chi connectivity index (χ1v) is 19.7. The molecule has 0 saturated heterocycles. The quantitative estimate of drug-likeness (QED) is 0.176. The number of thiophene rings is 1. The second-order valence-electron chi connectivity index (χ2n) is 14.4. The Balaban J connectivity index is 1.12. The van der Waals surface area contributed by atoms with Crippen LogP contribution >= 0.6 is 11.3 Å². The van der Waals surface area contributed by atoms with Crippen molar-refractivity contribution in [1.29, 1.82) is 0 Å². The molecule has 0 aliphatic rings. The fraction of sp³-hybridized carbons (Fsp3) is 0. The summed E-state index contributed by atoms with van der Waals surface area (Å²) in [5.41, 5.74) is 11.1.